The van der Waals surface area contributed by atoms with E-state index in [1.807, 2.05) is 60.7 Å². The Morgan fingerprint density at radius 2 is 1.54 bits per heavy atom. The maximum Gasteiger partial charge on any atom is 0.173 e. The molecule has 4 rings (SSSR count). The number of ketones is 1. The highest BCUT2D eigenvalue weighted by molar-refractivity contribution is 8.27. The highest BCUT2D eigenvalue weighted by atomic mass is 32.2. The zero-order valence-electron chi connectivity index (χ0n) is 14.8. The average Bonchev–Trinajstić information content (AvgIpc) is 3.13. The number of hydrogen-bond donors (Lipinski definition) is 1. The van der Waals surface area contributed by atoms with Gasteiger partial charge >= 0.3 is 0 Å². The largest absolute Gasteiger partial charge is 0.410 e. The third-order valence-corrected chi connectivity index (χ3v) is 5.67. The van der Waals surface area contributed by atoms with Gasteiger partial charge in [-0.1, -0.05) is 65.4 Å². The average molecular weight is 387 g/mol. The fourth-order valence-electron chi connectivity index (χ4n) is 3.28. The monoisotopic (exact) mass is 387 g/mol. The van der Waals surface area contributed by atoms with E-state index < -0.39 is 5.92 Å². The van der Waals surface area contributed by atoms with Gasteiger partial charge in [-0.3, -0.25) is 9.78 Å². The number of hydrogen-bond acceptors (Lipinski definition) is 6. The summed E-state index contributed by atoms with van der Waals surface area (Å²) in [6, 6.07) is 22.5. The molecule has 5 nitrogen and oxygen atoms in total. The number of benzene rings is 2. The number of aliphatic imine (C=N–C) groups is 1. The second kappa shape index (κ2) is 8.19. The molecule has 2 heterocycles. The molecule has 1 fully saturated rings. The van der Waals surface area contributed by atoms with E-state index in [9.17, 15) is 10.0 Å². The van der Waals surface area contributed by atoms with Gasteiger partial charge in [-0.15, -0.1) is 0 Å². The summed E-state index contributed by atoms with van der Waals surface area (Å²) in [7, 11) is 0. The summed E-state index contributed by atoms with van der Waals surface area (Å²) in [4.78, 5) is 22.1. The van der Waals surface area contributed by atoms with Crippen molar-refractivity contribution in [2.45, 2.75) is 5.92 Å². The normalized spacial score (nSPS) is 21.9. The summed E-state index contributed by atoms with van der Waals surface area (Å²) in [6.07, 6.45) is 3.20. The summed E-state index contributed by atoms with van der Waals surface area (Å²) >= 11 is 1.25. The molecule has 0 spiro atoms. The predicted octanol–water partition coefficient (Wildman–Crippen LogP) is 4.93. The number of para-hydroxylation sites is 1. The molecule has 6 heteroatoms. The lowest BCUT2D eigenvalue weighted by atomic mass is 9.82. The Morgan fingerprint density at radius 1 is 0.893 bits per heavy atom. The van der Waals surface area contributed by atoms with E-state index in [1.165, 1.54) is 11.8 Å². The molecule has 0 aliphatic carbocycles. The summed E-state index contributed by atoms with van der Waals surface area (Å²) in [5, 5.41) is 14.2. The van der Waals surface area contributed by atoms with Crippen molar-refractivity contribution in [1.82, 2.24) is 4.98 Å². The Bertz CT molecular complexity index is 1020. The van der Waals surface area contributed by atoms with Crippen LogP contribution in [-0.4, -0.2) is 26.1 Å². The molecular formula is C22H17N3O2S. The first-order chi connectivity index (χ1) is 13.8. The first-order valence-corrected chi connectivity index (χ1v) is 9.62. The molecule has 138 valence electrons. The number of pyridine rings is 1. The van der Waals surface area contributed by atoms with Crippen LogP contribution < -0.4 is 0 Å². The van der Waals surface area contributed by atoms with E-state index in [2.05, 4.69) is 10.1 Å². The van der Waals surface area contributed by atoms with Crippen molar-refractivity contribution in [2.75, 3.05) is 0 Å². The highest BCUT2D eigenvalue weighted by Gasteiger charge is 2.45. The number of oxime groups is 1. The van der Waals surface area contributed by atoms with Crippen molar-refractivity contribution in [3.05, 3.63) is 96.3 Å². The molecule has 1 aliphatic heterocycles. The van der Waals surface area contributed by atoms with Crippen molar-refractivity contribution in [3.63, 3.8) is 0 Å². The van der Waals surface area contributed by atoms with Crippen molar-refractivity contribution >= 4 is 33.3 Å². The third-order valence-electron chi connectivity index (χ3n) is 4.57. The molecule has 3 aromatic rings. The van der Waals surface area contributed by atoms with Crippen LogP contribution in [-0.2, 0) is 0 Å². The number of carbonyl (C=O) groups excluding carboxylic acids is 1. The van der Waals surface area contributed by atoms with Crippen LogP contribution >= 0.6 is 11.8 Å². The zero-order chi connectivity index (χ0) is 19.3. The Kier molecular flexibility index (Phi) is 5.30. The smallest absolute Gasteiger partial charge is 0.173 e. The first-order valence-electron chi connectivity index (χ1n) is 8.80. The van der Waals surface area contributed by atoms with Gasteiger partial charge in [0.25, 0.3) is 0 Å². The molecule has 1 N–H and O–H groups in total. The zero-order valence-corrected chi connectivity index (χ0v) is 15.7. The summed E-state index contributed by atoms with van der Waals surface area (Å²) in [6.45, 7) is 0. The second-order valence-electron chi connectivity index (χ2n) is 6.29. The molecule has 1 aliphatic rings. The van der Waals surface area contributed by atoms with Crippen molar-refractivity contribution in [3.8, 4) is 0 Å². The summed E-state index contributed by atoms with van der Waals surface area (Å²) < 4.78 is 0. The minimum Gasteiger partial charge on any atom is -0.410 e. The molecule has 1 saturated heterocycles. The van der Waals surface area contributed by atoms with Gasteiger partial charge in [0.1, 0.15) is 5.04 Å². The lowest BCUT2D eigenvalue weighted by Gasteiger charge is -2.18. The quantitative estimate of drug-likeness (QED) is 0.391. The molecule has 0 amide bonds. The van der Waals surface area contributed by atoms with E-state index in [4.69, 9.17) is 4.99 Å². The van der Waals surface area contributed by atoms with Gasteiger partial charge in [0.05, 0.1) is 22.6 Å². The van der Waals surface area contributed by atoms with Crippen molar-refractivity contribution in [1.29, 1.82) is 0 Å². The van der Waals surface area contributed by atoms with Crippen LogP contribution in [0.5, 0.6) is 0 Å². The number of Topliss-reactive ketones (excluding diaryl/α,β-unsaturated/α-hetero) is 1. The van der Waals surface area contributed by atoms with Gasteiger partial charge < -0.3 is 5.21 Å². The third kappa shape index (κ3) is 3.59. The highest BCUT2D eigenvalue weighted by Crippen LogP contribution is 2.44. The van der Waals surface area contributed by atoms with Crippen LogP contribution in [0.3, 0.4) is 0 Å². The number of rotatable bonds is 4. The SMILES string of the molecule is O=C(c1ccncc1)C1C(=Nc2ccccc2)SC(=NO)C1c1ccccc1. The maximum absolute atomic E-state index is 13.4. The molecule has 0 bridgehead atoms. The molecule has 1 aromatic heterocycles. The number of aromatic nitrogens is 1. The van der Waals surface area contributed by atoms with Gasteiger partial charge in [-0.05, 0) is 29.8 Å². The lowest BCUT2D eigenvalue weighted by Crippen LogP contribution is -2.25. The molecular weight excluding hydrogens is 370 g/mol. The minimum absolute atomic E-state index is 0.0721. The van der Waals surface area contributed by atoms with E-state index in [0.29, 0.717) is 15.7 Å². The Labute approximate surface area is 166 Å². The number of carbonyl (C=O) groups is 1. The van der Waals surface area contributed by atoms with Crippen molar-refractivity contribution in [2.24, 2.45) is 16.1 Å². The van der Waals surface area contributed by atoms with Crippen LogP contribution in [0.1, 0.15) is 21.8 Å². The van der Waals surface area contributed by atoms with Gasteiger partial charge in [0.2, 0.25) is 0 Å². The van der Waals surface area contributed by atoms with Crippen LogP contribution in [0.25, 0.3) is 0 Å². The van der Waals surface area contributed by atoms with E-state index in [1.54, 1.807) is 24.5 Å². The minimum atomic E-state index is -0.569. The van der Waals surface area contributed by atoms with E-state index >= 15 is 0 Å². The molecule has 2 atom stereocenters. The van der Waals surface area contributed by atoms with E-state index in [-0.39, 0.29) is 11.7 Å². The van der Waals surface area contributed by atoms with Gasteiger partial charge in [-0.25, -0.2) is 4.99 Å². The molecule has 0 radical (unpaired) electrons. The number of nitrogens with zero attached hydrogens (tertiary/aromatic N) is 3. The van der Waals surface area contributed by atoms with E-state index in [0.717, 1.165) is 11.3 Å². The van der Waals surface area contributed by atoms with Gasteiger partial charge in [0, 0.05) is 18.0 Å². The molecule has 0 saturated carbocycles. The second-order valence-corrected chi connectivity index (χ2v) is 7.33. The topological polar surface area (TPSA) is 74.9 Å². The van der Waals surface area contributed by atoms with Crippen LogP contribution in [0, 0.1) is 5.92 Å². The van der Waals surface area contributed by atoms with Crippen LogP contribution in [0.2, 0.25) is 0 Å². The standard InChI is InChI=1S/C22H17N3O2S/c26-20(16-11-13-23-14-12-16)19-18(15-7-3-1-4-8-15)22(25-27)28-21(19)24-17-9-5-2-6-10-17/h1-14,18-19,27H. The Morgan fingerprint density at radius 3 is 2.18 bits per heavy atom. The van der Waals surface area contributed by atoms with Crippen molar-refractivity contribution < 1.29 is 10.0 Å². The molecule has 28 heavy (non-hydrogen) atoms. The fourth-order valence-corrected chi connectivity index (χ4v) is 4.45. The fraction of sp³-hybridized carbons (Fsp3) is 0.0909. The Balaban J connectivity index is 1.84. The maximum atomic E-state index is 13.4. The predicted molar refractivity (Wildman–Crippen MR) is 112 cm³/mol. The van der Waals surface area contributed by atoms with Gasteiger partial charge in [-0.2, -0.15) is 0 Å². The molecule has 2 unspecified atom stereocenters. The summed E-state index contributed by atoms with van der Waals surface area (Å²) in [5.41, 5.74) is 2.22. The van der Waals surface area contributed by atoms with Crippen LogP contribution in [0.4, 0.5) is 5.69 Å². The lowest BCUT2D eigenvalue weighted by molar-refractivity contribution is 0.0952. The molecule has 2 aromatic carbocycles. The van der Waals surface area contributed by atoms with Crippen LogP contribution in [0.15, 0.2) is 95.3 Å². The summed E-state index contributed by atoms with van der Waals surface area (Å²) in [5.74, 6) is -1.03. The first kappa shape index (κ1) is 18.1. The Hall–Kier alpha value is -3.25. The van der Waals surface area contributed by atoms with Gasteiger partial charge in [0.15, 0.2) is 5.78 Å². The number of thioether (sulfide) groups is 1.